The van der Waals surface area contributed by atoms with Crippen LogP contribution >= 0.6 is 23.2 Å². The minimum Gasteiger partial charge on any atom is -0.465 e. The molecule has 4 rings (SSSR count). The van der Waals surface area contributed by atoms with Crippen molar-refractivity contribution in [2.45, 2.75) is 44.6 Å². The van der Waals surface area contributed by atoms with Gasteiger partial charge in [0.2, 0.25) is 10.0 Å². The van der Waals surface area contributed by atoms with Crippen LogP contribution in [0.2, 0.25) is 10.0 Å². The van der Waals surface area contributed by atoms with Crippen LogP contribution in [0.25, 0.3) is 0 Å². The summed E-state index contributed by atoms with van der Waals surface area (Å²) in [7, 11) is -2.57. The number of ether oxygens (including phenoxy) is 1. The fourth-order valence-electron chi connectivity index (χ4n) is 4.49. The van der Waals surface area contributed by atoms with E-state index in [2.05, 4.69) is 10.4 Å². The lowest BCUT2D eigenvalue weighted by Gasteiger charge is -2.26. The van der Waals surface area contributed by atoms with Gasteiger partial charge < -0.3 is 10.1 Å². The van der Waals surface area contributed by atoms with Crippen LogP contribution in [0.3, 0.4) is 0 Å². The Morgan fingerprint density at radius 3 is 2.39 bits per heavy atom. The van der Waals surface area contributed by atoms with E-state index in [1.165, 1.54) is 23.5 Å². The molecule has 2 aromatic carbocycles. The minimum absolute atomic E-state index is 0.0192. The zero-order chi connectivity index (χ0) is 27.6. The third kappa shape index (κ3) is 5.58. The monoisotopic (exact) mass is 578 g/mol. The molecular formula is C26H28Cl2N4O5S. The van der Waals surface area contributed by atoms with E-state index in [1.807, 2.05) is 6.07 Å². The molecule has 1 aliphatic rings. The van der Waals surface area contributed by atoms with Crippen LogP contribution in [0.5, 0.6) is 0 Å². The Kier molecular flexibility index (Phi) is 8.46. The van der Waals surface area contributed by atoms with E-state index < -0.39 is 21.9 Å². The number of halogens is 2. The molecule has 1 amide bonds. The number of piperidine rings is 1. The number of aryl methyl sites for hydroxylation is 1. The van der Waals surface area contributed by atoms with Crippen LogP contribution in [-0.2, 0) is 21.3 Å². The lowest BCUT2D eigenvalue weighted by molar-refractivity contribution is 0.0599. The van der Waals surface area contributed by atoms with Crippen LogP contribution < -0.4 is 5.32 Å². The maximum Gasteiger partial charge on any atom is 0.338 e. The van der Waals surface area contributed by atoms with Crippen molar-refractivity contribution >= 4 is 50.8 Å². The van der Waals surface area contributed by atoms with Crippen molar-refractivity contribution in [2.24, 2.45) is 0 Å². The largest absolute Gasteiger partial charge is 0.465 e. The van der Waals surface area contributed by atoms with E-state index in [0.29, 0.717) is 41.3 Å². The number of benzene rings is 2. The third-order valence-electron chi connectivity index (χ3n) is 6.56. The number of hydrogen-bond donors (Lipinski definition) is 1. The van der Waals surface area contributed by atoms with Crippen LogP contribution in [0.15, 0.2) is 41.3 Å². The molecule has 0 radical (unpaired) electrons. The zero-order valence-electron chi connectivity index (χ0n) is 21.3. The van der Waals surface area contributed by atoms with Gasteiger partial charge in [-0.3, -0.25) is 9.48 Å². The van der Waals surface area contributed by atoms with Crippen LogP contribution in [0.1, 0.15) is 56.9 Å². The number of amides is 1. The molecule has 9 nitrogen and oxygen atoms in total. The van der Waals surface area contributed by atoms with E-state index in [4.69, 9.17) is 27.9 Å². The maximum absolute atomic E-state index is 13.3. The fraction of sp³-hybridized carbons (Fsp3) is 0.346. The topological polar surface area (TPSA) is 111 Å². The molecule has 0 aliphatic carbocycles. The van der Waals surface area contributed by atoms with Gasteiger partial charge in [-0.2, -0.15) is 9.40 Å². The zero-order valence-corrected chi connectivity index (χ0v) is 23.6. The Hall–Kier alpha value is -2.92. The predicted octanol–water partition coefficient (Wildman–Crippen LogP) is 5.07. The summed E-state index contributed by atoms with van der Waals surface area (Å²) < 4.78 is 34.4. The second-order valence-corrected chi connectivity index (χ2v) is 11.8. The molecule has 1 saturated heterocycles. The molecule has 2 heterocycles. The number of carbonyl (C=O) groups excluding carboxylic acids is 2. The van der Waals surface area contributed by atoms with Crippen LogP contribution in [0.4, 0.5) is 5.69 Å². The van der Waals surface area contributed by atoms with Crippen LogP contribution in [0, 0.1) is 13.8 Å². The van der Waals surface area contributed by atoms with Crippen molar-refractivity contribution in [3.05, 3.63) is 74.5 Å². The maximum atomic E-state index is 13.3. The van der Waals surface area contributed by atoms with Gasteiger partial charge in [-0.05, 0) is 50.5 Å². The first-order valence-corrected chi connectivity index (χ1v) is 14.2. The number of nitrogens with zero attached hydrogens (tertiary/aromatic N) is 3. The normalized spacial score (nSPS) is 14.3. The molecule has 3 aromatic rings. The van der Waals surface area contributed by atoms with E-state index >= 15 is 0 Å². The van der Waals surface area contributed by atoms with Gasteiger partial charge in [0.15, 0.2) is 0 Å². The molecule has 0 unspecified atom stereocenters. The highest BCUT2D eigenvalue weighted by Gasteiger charge is 2.30. The van der Waals surface area contributed by atoms with E-state index in [1.54, 1.807) is 36.7 Å². The van der Waals surface area contributed by atoms with Crippen molar-refractivity contribution in [2.75, 3.05) is 25.5 Å². The lowest BCUT2D eigenvalue weighted by Crippen LogP contribution is -2.35. The summed E-state index contributed by atoms with van der Waals surface area (Å²) in [5, 5.41) is 7.33. The van der Waals surface area contributed by atoms with Gasteiger partial charge in [0.25, 0.3) is 5.91 Å². The number of carbonyl (C=O) groups is 2. The van der Waals surface area contributed by atoms with E-state index in [0.717, 1.165) is 19.3 Å². The Morgan fingerprint density at radius 2 is 1.71 bits per heavy atom. The standard InChI is InChI=1S/C26H28Cl2N4O5S/c1-16-24(17(2)32(30-16)15-18-9-5-6-10-19(18)26(34)37-3)29-25(33)20-13-23(22(28)14-21(20)27)38(35,36)31-11-7-4-8-12-31/h5-6,9-10,13-14H,4,7-8,11-12,15H2,1-3H3,(H,29,33). The van der Waals surface area contributed by atoms with Gasteiger partial charge in [0, 0.05) is 13.1 Å². The Labute approximate surface area is 231 Å². The number of rotatable bonds is 7. The van der Waals surface area contributed by atoms with Crippen LogP contribution in [-0.4, -0.2) is 54.6 Å². The first-order chi connectivity index (χ1) is 18.0. The molecule has 1 aliphatic heterocycles. The van der Waals surface area contributed by atoms with Crippen molar-refractivity contribution in [3.8, 4) is 0 Å². The molecule has 0 spiro atoms. The average molecular weight is 580 g/mol. The molecule has 1 aromatic heterocycles. The number of aromatic nitrogens is 2. The number of nitrogens with one attached hydrogen (secondary N) is 1. The molecule has 1 N–H and O–H groups in total. The van der Waals surface area contributed by atoms with Gasteiger partial charge in [-0.25, -0.2) is 13.2 Å². The molecule has 0 bridgehead atoms. The Bertz CT molecular complexity index is 1500. The van der Waals surface area contributed by atoms with Crippen molar-refractivity contribution in [3.63, 3.8) is 0 Å². The highest BCUT2D eigenvalue weighted by molar-refractivity contribution is 7.89. The molecule has 202 valence electrons. The van der Waals surface area contributed by atoms with E-state index in [-0.39, 0.29) is 27.0 Å². The number of anilines is 1. The summed E-state index contributed by atoms with van der Waals surface area (Å²) in [4.78, 5) is 25.3. The number of hydrogen-bond acceptors (Lipinski definition) is 6. The summed E-state index contributed by atoms with van der Waals surface area (Å²) in [5.41, 5.74) is 2.74. The quantitative estimate of drug-likeness (QED) is 0.392. The molecule has 38 heavy (non-hydrogen) atoms. The van der Waals surface area contributed by atoms with Gasteiger partial charge >= 0.3 is 5.97 Å². The number of sulfonamides is 1. The van der Waals surface area contributed by atoms with Gasteiger partial charge in [-0.1, -0.05) is 47.8 Å². The van der Waals surface area contributed by atoms with Crippen molar-refractivity contribution < 1.29 is 22.7 Å². The summed E-state index contributed by atoms with van der Waals surface area (Å²) in [5.74, 6) is -1.05. The SMILES string of the molecule is COC(=O)c1ccccc1Cn1nc(C)c(NC(=O)c2cc(S(=O)(=O)N3CCCCC3)c(Cl)cc2Cl)c1C. The molecule has 0 atom stereocenters. The summed E-state index contributed by atoms with van der Waals surface area (Å²) in [6.07, 6.45) is 2.50. The van der Waals surface area contributed by atoms with Gasteiger partial charge in [-0.15, -0.1) is 0 Å². The molecule has 12 heteroatoms. The fourth-order valence-corrected chi connectivity index (χ4v) is 6.84. The Morgan fingerprint density at radius 1 is 1.03 bits per heavy atom. The number of esters is 1. The second-order valence-electron chi connectivity index (χ2n) is 9.03. The first kappa shape index (κ1) is 28.1. The van der Waals surface area contributed by atoms with Gasteiger partial charge in [0.05, 0.1) is 51.9 Å². The van der Waals surface area contributed by atoms with Crippen molar-refractivity contribution in [1.82, 2.24) is 14.1 Å². The summed E-state index contributed by atoms with van der Waals surface area (Å²) >= 11 is 12.6. The smallest absolute Gasteiger partial charge is 0.338 e. The first-order valence-electron chi connectivity index (χ1n) is 12.1. The summed E-state index contributed by atoms with van der Waals surface area (Å²) in [6.45, 7) is 4.60. The second kappa shape index (κ2) is 11.4. The Balaban J connectivity index is 1.62. The molecular weight excluding hydrogens is 551 g/mol. The molecule has 0 saturated carbocycles. The highest BCUT2D eigenvalue weighted by atomic mass is 35.5. The number of methoxy groups -OCH3 is 1. The van der Waals surface area contributed by atoms with Crippen molar-refractivity contribution in [1.29, 1.82) is 0 Å². The van der Waals surface area contributed by atoms with E-state index in [9.17, 15) is 18.0 Å². The minimum atomic E-state index is -3.89. The summed E-state index contributed by atoms with van der Waals surface area (Å²) in [6, 6.07) is 9.55. The van der Waals surface area contributed by atoms with Gasteiger partial charge in [0.1, 0.15) is 4.90 Å². The highest BCUT2D eigenvalue weighted by Crippen LogP contribution is 2.33. The lowest BCUT2D eigenvalue weighted by atomic mass is 10.1. The predicted molar refractivity (Wildman–Crippen MR) is 146 cm³/mol. The molecule has 1 fully saturated rings. The third-order valence-corrected chi connectivity index (χ3v) is 9.24. The average Bonchev–Trinajstić information content (AvgIpc) is 3.16.